The first-order chi connectivity index (χ1) is 29.8. The summed E-state index contributed by atoms with van der Waals surface area (Å²) in [6.45, 7) is 12.7. The molecule has 0 aliphatic carbocycles. The van der Waals surface area contributed by atoms with E-state index >= 15 is 0 Å². The Labute approximate surface area is 358 Å². The topological polar surface area (TPSA) is 33.6 Å². The van der Waals surface area contributed by atoms with Gasteiger partial charge in [0.15, 0.2) is 0 Å². The van der Waals surface area contributed by atoms with Gasteiger partial charge in [0.25, 0.3) is 0 Å². The van der Waals surface area contributed by atoms with Gasteiger partial charge in [0, 0.05) is 32.7 Å². The lowest BCUT2D eigenvalue weighted by atomic mass is 9.93. The molecule has 0 N–H and O–H groups in total. The van der Waals surface area contributed by atoms with Crippen LogP contribution in [-0.2, 0) is 6.18 Å². The standard InChI is InChI=1S/C56H42F3N3/c1-32-23-34(3)54(35(4)24-32)39-16-21-51-46(28-39)42-11-7-9-13-48(42)61(51)50-20-15-38(31-60)27-45(50)44-19-18-41(56(57,58)59)30-53(44)62-49-14-10-8-12-43(49)47-29-40(17-22-52(47)62)55-36(5)25-33(2)26-37(55)6/h7-30H,1-6H3. The predicted molar refractivity (Wildman–Crippen MR) is 250 cm³/mol. The Morgan fingerprint density at radius 1 is 0.435 bits per heavy atom. The molecule has 0 atom stereocenters. The summed E-state index contributed by atoms with van der Waals surface area (Å²) in [7, 11) is 0. The van der Waals surface area contributed by atoms with Crippen molar-refractivity contribution >= 4 is 43.6 Å². The second-order valence-corrected chi connectivity index (χ2v) is 16.8. The summed E-state index contributed by atoms with van der Waals surface area (Å²) in [4.78, 5) is 0. The summed E-state index contributed by atoms with van der Waals surface area (Å²) in [6, 6.07) is 49.5. The highest BCUT2D eigenvalue weighted by molar-refractivity contribution is 6.13. The molecule has 0 fully saturated rings. The van der Waals surface area contributed by atoms with Crippen LogP contribution in [0.3, 0.4) is 0 Å². The van der Waals surface area contributed by atoms with Gasteiger partial charge in [0.05, 0.1) is 50.6 Å². The molecule has 0 bridgehead atoms. The van der Waals surface area contributed by atoms with Crippen molar-refractivity contribution in [2.75, 3.05) is 0 Å². The number of nitriles is 1. The highest BCUT2D eigenvalue weighted by Crippen LogP contribution is 2.45. The van der Waals surface area contributed by atoms with Gasteiger partial charge < -0.3 is 9.13 Å². The summed E-state index contributed by atoms with van der Waals surface area (Å²) >= 11 is 0. The Kier molecular flexibility index (Phi) is 9.01. The van der Waals surface area contributed by atoms with Crippen LogP contribution in [0.15, 0.2) is 146 Å². The second-order valence-electron chi connectivity index (χ2n) is 16.8. The maximum atomic E-state index is 14.9. The van der Waals surface area contributed by atoms with Gasteiger partial charge in [-0.15, -0.1) is 0 Å². The number of rotatable bonds is 5. The highest BCUT2D eigenvalue weighted by atomic mass is 19.4. The zero-order chi connectivity index (χ0) is 43.2. The van der Waals surface area contributed by atoms with Crippen LogP contribution in [0.4, 0.5) is 13.2 Å². The molecular formula is C56H42F3N3. The molecule has 0 saturated carbocycles. The van der Waals surface area contributed by atoms with Crippen LogP contribution in [0.25, 0.3) is 88.4 Å². The van der Waals surface area contributed by atoms with Gasteiger partial charge in [-0.1, -0.05) is 90.0 Å². The Bertz CT molecular complexity index is 3490. The average molecular weight is 814 g/mol. The largest absolute Gasteiger partial charge is 0.416 e. The molecule has 0 unspecified atom stereocenters. The molecule has 0 spiro atoms. The first-order valence-electron chi connectivity index (χ1n) is 20.8. The van der Waals surface area contributed by atoms with Gasteiger partial charge in [-0.3, -0.25) is 0 Å². The molecule has 10 rings (SSSR count). The second kappa shape index (κ2) is 14.4. The lowest BCUT2D eigenvalue weighted by molar-refractivity contribution is -0.137. The van der Waals surface area contributed by atoms with Crippen molar-refractivity contribution < 1.29 is 13.2 Å². The minimum absolute atomic E-state index is 0.367. The number of hydrogen-bond donors (Lipinski definition) is 0. The Balaban J connectivity index is 1.26. The van der Waals surface area contributed by atoms with E-state index in [1.54, 1.807) is 12.1 Å². The maximum Gasteiger partial charge on any atom is 0.416 e. The van der Waals surface area contributed by atoms with Gasteiger partial charge in [0.2, 0.25) is 0 Å². The van der Waals surface area contributed by atoms with Gasteiger partial charge in [-0.25, -0.2) is 0 Å². The van der Waals surface area contributed by atoms with E-state index in [0.29, 0.717) is 22.4 Å². The fraction of sp³-hybridized carbons (Fsp3) is 0.125. The monoisotopic (exact) mass is 813 g/mol. The van der Waals surface area contributed by atoms with Gasteiger partial charge in [0.1, 0.15) is 0 Å². The van der Waals surface area contributed by atoms with Crippen LogP contribution >= 0.6 is 0 Å². The van der Waals surface area contributed by atoms with Crippen molar-refractivity contribution in [2.45, 2.75) is 47.7 Å². The number of nitrogens with zero attached hydrogens (tertiary/aromatic N) is 3. The third-order valence-electron chi connectivity index (χ3n) is 12.5. The smallest absolute Gasteiger partial charge is 0.309 e. The summed E-state index contributed by atoms with van der Waals surface area (Å²) < 4.78 is 48.7. The Morgan fingerprint density at radius 3 is 1.39 bits per heavy atom. The maximum absolute atomic E-state index is 14.9. The van der Waals surface area contributed by atoms with Crippen molar-refractivity contribution in [3.63, 3.8) is 0 Å². The zero-order valence-corrected chi connectivity index (χ0v) is 35.3. The minimum Gasteiger partial charge on any atom is -0.309 e. The molecule has 10 aromatic rings. The van der Waals surface area contributed by atoms with Crippen LogP contribution < -0.4 is 0 Å². The van der Waals surface area contributed by atoms with E-state index in [2.05, 4.69) is 119 Å². The van der Waals surface area contributed by atoms with E-state index < -0.39 is 11.7 Å². The van der Waals surface area contributed by atoms with E-state index in [1.807, 2.05) is 59.2 Å². The fourth-order valence-electron chi connectivity index (χ4n) is 10.2. The molecule has 0 aliphatic heterocycles. The van der Waals surface area contributed by atoms with Crippen LogP contribution in [0, 0.1) is 52.9 Å². The van der Waals surface area contributed by atoms with Crippen molar-refractivity contribution in [1.82, 2.24) is 9.13 Å². The number of aromatic nitrogens is 2. The van der Waals surface area contributed by atoms with Gasteiger partial charge in [-0.2, -0.15) is 18.4 Å². The van der Waals surface area contributed by atoms with Crippen LogP contribution in [0.2, 0.25) is 0 Å². The van der Waals surface area contributed by atoms with Crippen LogP contribution in [0.5, 0.6) is 0 Å². The van der Waals surface area contributed by atoms with Gasteiger partial charge >= 0.3 is 6.18 Å². The third-order valence-corrected chi connectivity index (χ3v) is 12.5. The summed E-state index contributed by atoms with van der Waals surface area (Å²) in [5.41, 5.74) is 17.1. The van der Waals surface area contributed by atoms with Gasteiger partial charge in [-0.05, 0) is 153 Å². The molecule has 8 aromatic carbocycles. The zero-order valence-electron chi connectivity index (χ0n) is 35.3. The Hall–Kier alpha value is -7.36. The predicted octanol–water partition coefficient (Wildman–Crippen LogP) is 15.6. The molecule has 62 heavy (non-hydrogen) atoms. The van der Waals surface area contributed by atoms with E-state index in [0.717, 1.165) is 83.2 Å². The van der Waals surface area contributed by atoms with Crippen LogP contribution in [0.1, 0.15) is 44.5 Å². The summed E-state index contributed by atoms with van der Waals surface area (Å²) in [6.07, 6.45) is -4.60. The molecule has 3 nitrogen and oxygen atoms in total. The number of para-hydroxylation sites is 2. The number of aryl methyl sites for hydroxylation is 6. The molecule has 2 aromatic heterocycles. The fourth-order valence-corrected chi connectivity index (χ4v) is 10.2. The van der Waals surface area contributed by atoms with Crippen molar-refractivity contribution in [2.24, 2.45) is 0 Å². The van der Waals surface area contributed by atoms with E-state index in [9.17, 15) is 18.4 Å². The summed E-state index contributed by atoms with van der Waals surface area (Å²) in [5.74, 6) is 0. The molecule has 6 heteroatoms. The molecule has 0 aliphatic rings. The number of benzene rings is 8. The average Bonchev–Trinajstić information content (AvgIpc) is 3.74. The SMILES string of the molecule is Cc1cc(C)c(-c2ccc3c(c2)c2ccccc2n3-c2ccc(C#N)cc2-c2ccc(C(F)(F)F)cc2-n2c3ccccc3c3cc(-c4c(C)cc(C)cc4C)ccc32)c(C)c1. The molecule has 0 radical (unpaired) electrons. The molecule has 0 saturated heterocycles. The van der Waals surface area contributed by atoms with Crippen LogP contribution in [-0.4, -0.2) is 9.13 Å². The first-order valence-corrected chi connectivity index (χ1v) is 20.8. The lowest BCUT2D eigenvalue weighted by Gasteiger charge is -2.20. The highest BCUT2D eigenvalue weighted by Gasteiger charge is 2.32. The van der Waals surface area contributed by atoms with E-state index in [1.165, 1.54) is 33.9 Å². The van der Waals surface area contributed by atoms with Crippen molar-refractivity contribution in [3.05, 3.63) is 190 Å². The van der Waals surface area contributed by atoms with Crippen molar-refractivity contribution in [1.29, 1.82) is 5.26 Å². The lowest BCUT2D eigenvalue weighted by Crippen LogP contribution is -2.08. The Morgan fingerprint density at radius 2 is 0.903 bits per heavy atom. The quantitative estimate of drug-likeness (QED) is 0.170. The van der Waals surface area contributed by atoms with E-state index in [4.69, 9.17) is 0 Å². The first kappa shape index (κ1) is 38.8. The number of hydrogen-bond acceptors (Lipinski definition) is 1. The number of fused-ring (bicyclic) bond motifs is 6. The molecule has 2 heterocycles. The molecule has 0 amide bonds. The summed E-state index contributed by atoms with van der Waals surface area (Å²) in [5, 5.41) is 14.3. The minimum atomic E-state index is -4.60. The third kappa shape index (κ3) is 6.19. The number of halogens is 3. The number of alkyl halides is 3. The van der Waals surface area contributed by atoms with E-state index in [-0.39, 0.29) is 0 Å². The molecular weight excluding hydrogens is 772 g/mol. The van der Waals surface area contributed by atoms with Crippen molar-refractivity contribution in [3.8, 4) is 50.8 Å². The molecule has 302 valence electrons. The normalized spacial score (nSPS) is 11.9.